The summed E-state index contributed by atoms with van der Waals surface area (Å²) in [5.74, 6) is 0. The van der Waals surface area contributed by atoms with E-state index in [1.807, 2.05) is 60.7 Å². The molecule has 2 aromatic heterocycles. The summed E-state index contributed by atoms with van der Waals surface area (Å²) in [5, 5.41) is 10.5. The van der Waals surface area contributed by atoms with Crippen LogP contribution < -0.4 is 10.6 Å². The van der Waals surface area contributed by atoms with Crippen molar-refractivity contribution in [2.75, 3.05) is 10.6 Å². The molecule has 0 radical (unpaired) electrons. The highest BCUT2D eigenvalue weighted by Crippen LogP contribution is 2.37. The maximum Gasteiger partial charge on any atom is 0.188 e. The number of halogens is 1. The Kier molecular flexibility index (Phi) is 5.80. The number of hydrogen-bond donors (Lipinski definition) is 2. The molecule has 0 unspecified atom stereocenters. The van der Waals surface area contributed by atoms with Crippen LogP contribution in [-0.4, -0.2) is 9.97 Å². The van der Waals surface area contributed by atoms with Gasteiger partial charge >= 0.3 is 0 Å². The SMILES string of the molecule is Brc1sc(Nc2ccccc2)nc1-c1ccc(-c2csc(Nc3ccccc3)n2)cc1. The minimum absolute atomic E-state index is 0.855. The molecule has 0 saturated carbocycles. The lowest BCUT2D eigenvalue weighted by Gasteiger charge is -2.02. The van der Waals surface area contributed by atoms with E-state index in [-0.39, 0.29) is 0 Å². The minimum Gasteiger partial charge on any atom is -0.332 e. The third-order valence-electron chi connectivity index (χ3n) is 4.59. The maximum absolute atomic E-state index is 4.77. The Morgan fingerprint density at radius 2 is 1.23 bits per heavy atom. The average Bonchev–Trinajstić information content (AvgIpc) is 3.42. The highest BCUT2D eigenvalue weighted by Gasteiger charge is 2.12. The summed E-state index contributed by atoms with van der Waals surface area (Å²) < 4.78 is 1.00. The van der Waals surface area contributed by atoms with E-state index >= 15 is 0 Å². The highest BCUT2D eigenvalue weighted by atomic mass is 79.9. The van der Waals surface area contributed by atoms with Gasteiger partial charge in [0.1, 0.15) is 0 Å². The van der Waals surface area contributed by atoms with Gasteiger partial charge in [0.25, 0.3) is 0 Å². The summed E-state index contributed by atoms with van der Waals surface area (Å²) in [7, 11) is 0. The van der Waals surface area contributed by atoms with Crippen molar-refractivity contribution in [1.29, 1.82) is 0 Å². The van der Waals surface area contributed by atoms with Crippen LogP contribution in [0.1, 0.15) is 0 Å². The molecule has 0 aliphatic carbocycles. The van der Waals surface area contributed by atoms with E-state index in [1.165, 1.54) is 0 Å². The van der Waals surface area contributed by atoms with E-state index in [0.717, 1.165) is 47.9 Å². The fourth-order valence-electron chi connectivity index (χ4n) is 3.09. The summed E-state index contributed by atoms with van der Waals surface area (Å²) in [5.41, 5.74) is 6.08. The van der Waals surface area contributed by atoms with Crippen LogP contribution in [-0.2, 0) is 0 Å². The van der Waals surface area contributed by atoms with Gasteiger partial charge in [0, 0.05) is 27.9 Å². The Bertz CT molecular complexity index is 1280. The first-order chi connectivity index (χ1) is 15.2. The van der Waals surface area contributed by atoms with E-state index in [1.54, 1.807) is 22.7 Å². The summed E-state index contributed by atoms with van der Waals surface area (Å²) in [6.45, 7) is 0. The zero-order valence-electron chi connectivity index (χ0n) is 16.2. The molecule has 0 aliphatic heterocycles. The molecule has 0 amide bonds. The Morgan fingerprint density at radius 1 is 0.645 bits per heavy atom. The van der Waals surface area contributed by atoms with Gasteiger partial charge in [0.2, 0.25) is 0 Å². The van der Waals surface area contributed by atoms with Crippen LogP contribution in [0, 0.1) is 0 Å². The Balaban J connectivity index is 1.33. The smallest absolute Gasteiger partial charge is 0.188 e. The Morgan fingerprint density at radius 3 is 1.87 bits per heavy atom. The lowest BCUT2D eigenvalue weighted by atomic mass is 10.1. The lowest BCUT2D eigenvalue weighted by Crippen LogP contribution is -1.89. The highest BCUT2D eigenvalue weighted by molar-refractivity contribution is 9.11. The van der Waals surface area contributed by atoms with Gasteiger partial charge in [0.15, 0.2) is 10.3 Å². The van der Waals surface area contributed by atoms with Crippen molar-refractivity contribution in [2.24, 2.45) is 0 Å². The third-order valence-corrected chi connectivity index (χ3v) is 6.97. The molecule has 0 bridgehead atoms. The van der Waals surface area contributed by atoms with Crippen LogP contribution in [0.5, 0.6) is 0 Å². The predicted octanol–water partition coefficient (Wildman–Crippen LogP) is 8.18. The molecule has 7 heteroatoms. The number of rotatable bonds is 6. The molecule has 152 valence electrons. The normalized spacial score (nSPS) is 10.7. The van der Waals surface area contributed by atoms with Crippen LogP contribution in [0.3, 0.4) is 0 Å². The molecular weight excluding hydrogens is 488 g/mol. The summed E-state index contributed by atoms with van der Waals surface area (Å²) in [6, 6.07) is 28.5. The molecule has 0 fully saturated rings. The average molecular weight is 505 g/mol. The second-order valence-electron chi connectivity index (χ2n) is 6.74. The van der Waals surface area contributed by atoms with Crippen LogP contribution in [0.2, 0.25) is 0 Å². The number of para-hydroxylation sites is 2. The molecular formula is C24H17BrN4S2. The fraction of sp³-hybridized carbons (Fsp3) is 0. The fourth-order valence-corrected chi connectivity index (χ4v) is 5.34. The molecule has 0 aliphatic rings. The number of hydrogen-bond acceptors (Lipinski definition) is 6. The maximum atomic E-state index is 4.77. The zero-order chi connectivity index (χ0) is 21.0. The second-order valence-corrected chi connectivity index (χ2v) is 9.91. The second kappa shape index (κ2) is 9.01. The van der Waals surface area contributed by atoms with Crippen molar-refractivity contribution in [3.8, 4) is 22.5 Å². The summed E-state index contributed by atoms with van der Waals surface area (Å²) in [6.07, 6.45) is 0. The van der Waals surface area contributed by atoms with E-state index in [0.29, 0.717) is 0 Å². The van der Waals surface area contributed by atoms with Crippen molar-refractivity contribution in [3.63, 3.8) is 0 Å². The summed E-state index contributed by atoms with van der Waals surface area (Å²) in [4.78, 5) is 9.49. The molecule has 0 spiro atoms. The number of anilines is 4. The molecule has 3 aromatic carbocycles. The number of nitrogens with one attached hydrogen (secondary N) is 2. The lowest BCUT2D eigenvalue weighted by molar-refractivity contribution is 1.36. The molecule has 2 heterocycles. The van der Waals surface area contributed by atoms with Crippen LogP contribution in [0.25, 0.3) is 22.5 Å². The van der Waals surface area contributed by atoms with Gasteiger partial charge in [-0.15, -0.1) is 11.3 Å². The van der Waals surface area contributed by atoms with Crippen LogP contribution in [0.4, 0.5) is 21.6 Å². The van der Waals surface area contributed by atoms with Gasteiger partial charge in [-0.1, -0.05) is 72.0 Å². The number of thiazole rings is 2. The van der Waals surface area contributed by atoms with E-state index < -0.39 is 0 Å². The van der Waals surface area contributed by atoms with Gasteiger partial charge < -0.3 is 10.6 Å². The largest absolute Gasteiger partial charge is 0.332 e. The van der Waals surface area contributed by atoms with E-state index in [9.17, 15) is 0 Å². The quantitative estimate of drug-likeness (QED) is 0.244. The number of aromatic nitrogens is 2. The molecule has 2 N–H and O–H groups in total. The van der Waals surface area contributed by atoms with Gasteiger partial charge in [-0.25, -0.2) is 9.97 Å². The summed E-state index contributed by atoms with van der Waals surface area (Å²) >= 11 is 6.84. The predicted molar refractivity (Wildman–Crippen MR) is 136 cm³/mol. The first-order valence-corrected chi connectivity index (χ1v) is 12.1. The van der Waals surface area contributed by atoms with Crippen molar-refractivity contribution in [3.05, 3.63) is 94.1 Å². The first-order valence-electron chi connectivity index (χ1n) is 9.61. The molecule has 5 aromatic rings. The number of benzene rings is 3. The van der Waals surface area contributed by atoms with Gasteiger partial charge in [0.05, 0.1) is 15.2 Å². The van der Waals surface area contributed by atoms with Crippen molar-refractivity contribution in [2.45, 2.75) is 0 Å². The third kappa shape index (κ3) is 4.69. The van der Waals surface area contributed by atoms with E-state index in [4.69, 9.17) is 9.97 Å². The monoisotopic (exact) mass is 504 g/mol. The van der Waals surface area contributed by atoms with Crippen molar-refractivity contribution in [1.82, 2.24) is 9.97 Å². The van der Waals surface area contributed by atoms with Crippen LogP contribution >= 0.6 is 38.6 Å². The molecule has 4 nitrogen and oxygen atoms in total. The van der Waals surface area contributed by atoms with E-state index in [2.05, 4.69) is 56.2 Å². The topological polar surface area (TPSA) is 49.8 Å². The molecule has 0 saturated heterocycles. The number of nitrogens with zero attached hydrogens (tertiary/aromatic N) is 2. The zero-order valence-corrected chi connectivity index (χ0v) is 19.5. The van der Waals surface area contributed by atoms with Gasteiger partial charge in [-0.3, -0.25) is 0 Å². The molecule has 0 atom stereocenters. The van der Waals surface area contributed by atoms with Gasteiger partial charge in [-0.05, 0) is 40.2 Å². The Hall–Kier alpha value is -3.00. The van der Waals surface area contributed by atoms with Crippen LogP contribution in [0.15, 0.2) is 94.1 Å². The van der Waals surface area contributed by atoms with Crippen molar-refractivity contribution < 1.29 is 0 Å². The molecule has 5 rings (SSSR count). The standard InChI is InChI=1S/C24H17BrN4S2/c25-22-21(29-24(31-22)27-19-9-5-2-6-10-19)17-13-11-16(12-14-17)20-15-30-23(28-20)26-18-7-3-1-4-8-18/h1-15H,(H,26,28)(H,27,29). The minimum atomic E-state index is 0.855. The first kappa shape index (κ1) is 19.9. The van der Waals surface area contributed by atoms with Crippen molar-refractivity contribution >= 4 is 60.2 Å². The Labute approximate surface area is 196 Å². The molecule has 31 heavy (non-hydrogen) atoms. The van der Waals surface area contributed by atoms with Gasteiger partial charge in [-0.2, -0.15) is 0 Å².